The lowest BCUT2D eigenvalue weighted by Gasteiger charge is -2.08. The standard InChI is InChI=1S/C8H3ClF3NO/c9-5-1-2-6(8(10,11)12)7(3-5)13-4-14/h1-3H. The second-order valence-electron chi connectivity index (χ2n) is 2.36. The van der Waals surface area contributed by atoms with Gasteiger partial charge in [-0.3, -0.25) is 0 Å². The van der Waals surface area contributed by atoms with Crippen molar-refractivity contribution in [1.29, 1.82) is 0 Å². The SMILES string of the molecule is O=C=Nc1cc(Cl)ccc1C(F)(F)F. The maximum absolute atomic E-state index is 12.3. The van der Waals surface area contributed by atoms with Crippen LogP contribution < -0.4 is 0 Å². The maximum atomic E-state index is 12.3. The number of hydrogen-bond acceptors (Lipinski definition) is 2. The highest BCUT2D eigenvalue weighted by Crippen LogP contribution is 2.37. The molecular weight excluding hydrogens is 219 g/mol. The third kappa shape index (κ3) is 2.34. The molecule has 0 saturated heterocycles. The Morgan fingerprint density at radius 1 is 1.36 bits per heavy atom. The van der Waals surface area contributed by atoms with Crippen LogP contribution in [0, 0.1) is 0 Å². The van der Waals surface area contributed by atoms with E-state index in [0.717, 1.165) is 24.3 Å². The maximum Gasteiger partial charge on any atom is 0.418 e. The highest BCUT2D eigenvalue weighted by atomic mass is 35.5. The Bertz CT molecular complexity index is 396. The molecule has 0 heterocycles. The lowest BCUT2D eigenvalue weighted by atomic mass is 10.2. The second-order valence-corrected chi connectivity index (χ2v) is 2.80. The minimum Gasteiger partial charge on any atom is -0.211 e. The number of nitrogens with zero attached hydrogens (tertiary/aromatic N) is 1. The van der Waals surface area contributed by atoms with Gasteiger partial charge < -0.3 is 0 Å². The molecule has 0 saturated carbocycles. The van der Waals surface area contributed by atoms with Crippen molar-refractivity contribution >= 4 is 23.4 Å². The Balaban J connectivity index is 3.36. The van der Waals surface area contributed by atoms with Crippen molar-refractivity contribution in [1.82, 2.24) is 0 Å². The van der Waals surface area contributed by atoms with Crippen LogP contribution in [0.25, 0.3) is 0 Å². The first-order valence-electron chi connectivity index (χ1n) is 3.40. The van der Waals surface area contributed by atoms with E-state index in [1.54, 1.807) is 0 Å². The van der Waals surface area contributed by atoms with Gasteiger partial charge in [-0.25, -0.2) is 4.79 Å². The first kappa shape index (κ1) is 10.8. The summed E-state index contributed by atoms with van der Waals surface area (Å²) in [4.78, 5) is 12.8. The largest absolute Gasteiger partial charge is 0.418 e. The monoisotopic (exact) mass is 221 g/mol. The minimum absolute atomic E-state index is 0.0759. The molecule has 1 aromatic rings. The molecule has 0 spiro atoms. The van der Waals surface area contributed by atoms with E-state index in [-0.39, 0.29) is 5.02 Å². The van der Waals surface area contributed by atoms with E-state index in [0.29, 0.717) is 0 Å². The number of rotatable bonds is 1. The zero-order chi connectivity index (χ0) is 10.8. The summed E-state index contributed by atoms with van der Waals surface area (Å²) < 4.78 is 36.8. The van der Waals surface area contributed by atoms with Gasteiger partial charge in [0, 0.05) is 5.02 Å². The highest BCUT2D eigenvalue weighted by Gasteiger charge is 2.33. The number of isocyanates is 1. The summed E-state index contributed by atoms with van der Waals surface area (Å²) in [5.41, 5.74) is -1.54. The summed E-state index contributed by atoms with van der Waals surface area (Å²) in [7, 11) is 0. The zero-order valence-corrected chi connectivity index (χ0v) is 7.36. The van der Waals surface area contributed by atoms with Gasteiger partial charge in [-0.15, -0.1) is 0 Å². The van der Waals surface area contributed by atoms with E-state index < -0.39 is 17.4 Å². The fourth-order valence-electron chi connectivity index (χ4n) is 0.886. The van der Waals surface area contributed by atoms with Gasteiger partial charge >= 0.3 is 6.18 Å². The summed E-state index contributed by atoms with van der Waals surface area (Å²) in [6.45, 7) is 0. The molecule has 0 radical (unpaired) electrons. The predicted molar refractivity (Wildman–Crippen MR) is 44.2 cm³/mol. The molecule has 1 rings (SSSR count). The Morgan fingerprint density at radius 3 is 2.50 bits per heavy atom. The molecule has 2 nitrogen and oxygen atoms in total. The molecule has 0 fully saturated rings. The number of alkyl halides is 3. The summed E-state index contributed by atoms with van der Waals surface area (Å²) in [6, 6.07) is 2.79. The fourth-order valence-corrected chi connectivity index (χ4v) is 1.05. The molecule has 0 aliphatic heterocycles. The van der Waals surface area contributed by atoms with Crippen LogP contribution in [-0.4, -0.2) is 6.08 Å². The molecule has 1 aromatic carbocycles. The minimum atomic E-state index is -4.56. The zero-order valence-electron chi connectivity index (χ0n) is 6.60. The number of benzene rings is 1. The lowest BCUT2D eigenvalue weighted by Crippen LogP contribution is -2.04. The molecule has 0 aliphatic carbocycles. The molecule has 6 heteroatoms. The van der Waals surface area contributed by atoms with Crippen LogP contribution in [-0.2, 0) is 11.0 Å². The van der Waals surface area contributed by atoms with Crippen LogP contribution in [0.4, 0.5) is 18.9 Å². The number of carbonyl (C=O) groups excluding carboxylic acids is 1. The first-order valence-corrected chi connectivity index (χ1v) is 3.77. The van der Waals surface area contributed by atoms with Crippen molar-refractivity contribution in [3.05, 3.63) is 28.8 Å². The highest BCUT2D eigenvalue weighted by molar-refractivity contribution is 6.30. The van der Waals surface area contributed by atoms with Crippen molar-refractivity contribution in [2.75, 3.05) is 0 Å². The Morgan fingerprint density at radius 2 is 2.00 bits per heavy atom. The van der Waals surface area contributed by atoms with Crippen LogP contribution in [0.5, 0.6) is 0 Å². The third-order valence-corrected chi connectivity index (χ3v) is 1.67. The van der Waals surface area contributed by atoms with E-state index in [9.17, 15) is 18.0 Å². The number of hydrogen-bond donors (Lipinski definition) is 0. The first-order chi connectivity index (χ1) is 6.45. The van der Waals surface area contributed by atoms with Crippen molar-refractivity contribution in [2.45, 2.75) is 6.18 Å². The van der Waals surface area contributed by atoms with Crippen molar-refractivity contribution < 1.29 is 18.0 Å². The van der Waals surface area contributed by atoms with E-state index in [1.807, 2.05) is 0 Å². The van der Waals surface area contributed by atoms with E-state index in [1.165, 1.54) is 0 Å². The Kier molecular flexibility index (Phi) is 2.93. The van der Waals surface area contributed by atoms with Crippen molar-refractivity contribution in [3.63, 3.8) is 0 Å². The van der Waals surface area contributed by atoms with Crippen LogP contribution in [0.1, 0.15) is 5.56 Å². The fraction of sp³-hybridized carbons (Fsp3) is 0.125. The summed E-state index contributed by atoms with van der Waals surface area (Å²) >= 11 is 5.45. The predicted octanol–water partition coefficient (Wildman–Crippen LogP) is 3.33. The molecule has 0 atom stereocenters. The summed E-state index contributed by atoms with van der Waals surface area (Å²) in [5, 5.41) is 0.0759. The molecule has 0 aromatic heterocycles. The van der Waals surface area contributed by atoms with Gasteiger partial charge in [-0.1, -0.05) is 11.6 Å². The Hall–Kier alpha value is -1.32. The smallest absolute Gasteiger partial charge is 0.211 e. The molecule has 0 N–H and O–H groups in total. The van der Waals surface area contributed by atoms with E-state index >= 15 is 0 Å². The Labute approximate surface area is 82.0 Å². The lowest BCUT2D eigenvalue weighted by molar-refractivity contribution is -0.137. The van der Waals surface area contributed by atoms with Gasteiger partial charge in [0.25, 0.3) is 0 Å². The van der Waals surface area contributed by atoms with Gasteiger partial charge in [-0.2, -0.15) is 18.2 Å². The normalized spacial score (nSPS) is 10.9. The molecule has 0 aliphatic rings. The second kappa shape index (κ2) is 3.82. The van der Waals surface area contributed by atoms with Crippen molar-refractivity contribution in [2.24, 2.45) is 4.99 Å². The molecule has 0 amide bonds. The molecule has 0 bridgehead atoms. The molecular formula is C8H3ClF3NO. The molecule has 0 unspecified atom stereocenters. The molecule has 14 heavy (non-hydrogen) atoms. The topological polar surface area (TPSA) is 29.4 Å². The van der Waals surface area contributed by atoms with Crippen LogP contribution in [0.3, 0.4) is 0 Å². The van der Waals surface area contributed by atoms with Gasteiger partial charge in [0.15, 0.2) is 0 Å². The third-order valence-electron chi connectivity index (χ3n) is 1.43. The quantitative estimate of drug-likeness (QED) is 0.528. The average molecular weight is 222 g/mol. The number of aliphatic imine (C=N–C) groups is 1. The summed E-state index contributed by atoms with van der Waals surface area (Å²) in [5.74, 6) is 0. The molecule has 74 valence electrons. The van der Waals surface area contributed by atoms with Crippen LogP contribution in [0.2, 0.25) is 5.02 Å². The van der Waals surface area contributed by atoms with Crippen LogP contribution >= 0.6 is 11.6 Å². The van der Waals surface area contributed by atoms with Gasteiger partial charge in [0.05, 0.1) is 11.3 Å². The van der Waals surface area contributed by atoms with Gasteiger partial charge in [0.2, 0.25) is 6.08 Å². The van der Waals surface area contributed by atoms with Crippen LogP contribution in [0.15, 0.2) is 23.2 Å². The van der Waals surface area contributed by atoms with Gasteiger partial charge in [0.1, 0.15) is 0 Å². The number of halogens is 4. The van der Waals surface area contributed by atoms with E-state index in [4.69, 9.17) is 11.6 Å². The van der Waals surface area contributed by atoms with Crippen molar-refractivity contribution in [3.8, 4) is 0 Å². The average Bonchev–Trinajstić information content (AvgIpc) is 2.02. The van der Waals surface area contributed by atoms with Gasteiger partial charge in [-0.05, 0) is 18.2 Å². The van der Waals surface area contributed by atoms with E-state index in [2.05, 4.69) is 4.99 Å². The summed E-state index contributed by atoms with van der Waals surface area (Å²) in [6.07, 6.45) is -3.52.